The van der Waals surface area contributed by atoms with E-state index in [0.29, 0.717) is 11.9 Å². The summed E-state index contributed by atoms with van der Waals surface area (Å²) in [6, 6.07) is 0.772. The number of H-pyrrole nitrogens is 1. The van der Waals surface area contributed by atoms with Crippen molar-refractivity contribution >= 4 is 11.8 Å². The zero-order chi connectivity index (χ0) is 24.6. The summed E-state index contributed by atoms with van der Waals surface area (Å²) in [7, 11) is 0. The summed E-state index contributed by atoms with van der Waals surface area (Å²) in [5.74, 6) is -3.92. The molecule has 0 spiro atoms. The number of nitrogens with one attached hydrogen (secondary N) is 1. The summed E-state index contributed by atoms with van der Waals surface area (Å²) in [5, 5.41) is 0. The van der Waals surface area contributed by atoms with Crippen LogP contribution in [0.5, 0.6) is 0 Å². The lowest BCUT2D eigenvalue weighted by atomic mass is 10.0. The highest BCUT2D eigenvalue weighted by atomic mass is 19.4. The van der Waals surface area contributed by atoms with Crippen molar-refractivity contribution in [3.05, 3.63) is 44.9 Å². The highest BCUT2D eigenvalue weighted by molar-refractivity contribution is 5.98. The number of halogens is 5. The number of aryl methyl sites for hydroxylation is 1. The van der Waals surface area contributed by atoms with Gasteiger partial charge in [-0.2, -0.15) is 13.2 Å². The van der Waals surface area contributed by atoms with Gasteiger partial charge in [-0.15, -0.1) is 0 Å². The number of carbonyl (C=O) groups is 1. The number of ether oxygens (including phenoxy) is 1. The first-order valence-electron chi connectivity index (χ1n) is 10.5. The molecule has 0 atom stereocenters. The number of anilines is 1. The normalized spacial score (nSPS) is 16.4. The minimum absolute atomic E-state index is 0.0230. The molecule has 0 saturated carbocycles. The highest BCUT2D eigenvalue weighted by Crippen LogP contribution is 2.38. The number of carbonyl (C=O) groups excluding carboxylic acids is 1. The van der Waals surface area contributed by atoms with Gasteiger partial charge in [-0.1, -0.05) is 0 Å². The number of rotatable bonds is 4. The number of hydrogen-bond acceptors (Lipinski definition) is 5. The molecular formula is C22H24F5N3O3. The first-order valence-corrected chi connectivity index (χ1v) is 10.5. The number of pyridine rings is 2. The summed E-state index contributed by atoms with van der Waals surface area (Å²) in [6.07, 6.45) is -4.89. The van der Waals surface area contributed by atoms with Crippen molar-refractivity contribution in [1.82, 2.24) is 9.97 Å². The van der Waals surface area contributed by atoms with E-state index in [1.165, 1.54) is 18.7 Å². The molecule has 3 heterocycles. The van der Waals surface area contributed by atoms with Gasteiger partial charge in [-0.05, 0) is 33.3 Å². The molecule has 1 fully saturated rings. The Labute approximate surface area is 186 Å². The Balaban J connectivity index is 2.29. The second kappa shape index (κ2) is 9.11. The van der Waals surface area contributed by atoms with Crippen LogP contribution in [0.15, 0.2) is 17.1 Å². The molecule has 180 valence electrons. The van der Waals surface area contributed by atoms with Crippen LogP contribution in [-0.4, -0.2) is 41.6 Å². The third-order valence-electron chi connectivity index (χ3n) is 5.65. The Morgan fingerprint density at radius 2 is 1.94 bits per heavy atom. The van der Waals surface area contributed by atoms with E-state index in [2.05, 4.69) is 9.97 Å². The zero-order valence-electron chi connectivity index (χ0n) is 18.4. The third kappa shape index (κ3) is 5.17. The molecule has 3 rings (SSSR count). The van der Waals surface area contributed by atoms with Crippen LogP contribution in [0.3, 0.4) is 0 Å². The summed E-state index contributed by atoms with van der Waals surface area (Å²) in [5.41, 5.74) is -2.07. The summed E-state index contributed by atoms with van der Waals surface area (Å²) >= 11 is 0. The largest absolute Gasteiger partial charge is 0.462 e. The molecule has 11 heteroatoms. The molecule has 6 nitrogen and oxygen atoms in total. The van der Waals surface area contributed by atoms with E-state index in [-0.39, 0.29) is 55.2 Å². The Bertz CT molecular complexity index is 1110. The molecule has 1 saturated heterocycles. The monoisotopic (exact) mass is 473 g/mol. The molecule has 33 heavy (non-hydrogen) atoms. The maximum atomic E-state index is 13.9. The van der Waals surface area contributed by atoms with Crippen LogP contribution in [-0.2, 0) is 10.9 Å². The van der Waals surface area contributed by atoms with Crippen LogP contribution in [0.25, 0.3) is 11.3 Å². The van der Waals surface area contributed by atoms with Crippen molar-refractivity contribution in [1.29, 1.82) is 0 Å². The van der Waals surface area contributed by atoms with Crippen molar-refractivity contribution in [3.8, 4) is 11.3 Å². The van der Waals surface area contributed by atoms with Gasteiger partial charge in [0.25, 0.3) is 0 Å². The van der Waals surface area contributed by atoms with E-state index in [4.69, 9.17) is 4.74 Å². The fourth-order valence-corrected chi connectivity index (χ4v) is 3.74. The second-order valence-electron chi connectivity index (χ2n) is 7.96. The highest BCUT2D eigenvalue weighted by Gasteiger charge is 2.36. The standard InChI is InChI=1S/C22H24F5N3O3/c1-4-33-20(32)16-17(29-13(3)12(2)18(16)31)15-10-14(22(25,26)27)11-28-19(15)30-8-5-6-21(23,24)7-9-30/h10-11H,4-9H2,1-3H3,(H,29,31). The van der Waals surface area contributed by atoms with Gasteiger partial charge in [0.05, 0.1) is 17.9 Å². The third-order valence-corrected chi connectivity index (χ3v) is 5.65. The molecule has 1 aliphatic rings. The van der Waals surface area contributed by atoms with Crippen LogP contribution in [0.4, 0.5) is 27.8 Å². The van der Waals surface area contributed by atoms with Crippen LogP contribution in [0.1, 0.15) is 53.4 Å². The van der Waals surface area contributed by atoms with Gasteiger partial charge < -0.3 is 14.6 Å². The van der Waals surface area contributed by atoms with E-state index in [1.54, 1.807) is 6.92 Å². The number of nitrogens with zero attached hydrogens (tertiary/aromatic N) is 2. The van der Waals surface area contributed by atoms with Crippen LogP contribution in [0, 0.1) is 13.8 Å². The predicted molar refractivity (Wildman–Crippen MR) is 112 cm³/mol. The van der Waals surface area contributed by atoms with E-state index >= 15 is 0 Å². The fourth-order valence-electron chi connectivity index (χ4n) is 3.74. The van der Waals surface area contributed by atoms with Crippen molar-refractivity contribution in [2.45, 2.75) is 52.1 Å². The average Bonchev–Trinajstić information content (AvgIpc) is 2.91. The minimum atomic E-state index is -4.75. The first-order chi connectivity index (χ1) is 15.4. The van der Waals surface area contributed by atoms with Crippen LogP contribution >= 0.6 is 0 Å². The predicted octanol–water partition coefficient (Wildman–Crippen LogP) is 4.87. The summed E-state index contributed by atoms with van der Waals surface area (Å²) in [6.45, 7) is 4.47. The fraction of sp³-hybridized carbons (Fsp3) is 0.500. The average molecular weight is 473 g/mol. The summed E-state index contributed by atoms with van der Waals surface area (Å²) in [4.78, 5) is 33.8. The van der Waals surface area contributed by atoms with Crippen molar-refractivity contribution < 1.29 is 31.5 Å². The molecular weight excluding hydrogens is 449 g/mol. The summed E-state index contributed by atoms with van der Waals surface area (Å²) < 4.78 is 73.3. The van der Waals surface area contributed by atoms with E-state index in [9.17, 15) is 31.5 Å². The lowest BCUT2D eigenvalue weighted by Crippen LogP contribution is -2.28. The number of esters is 1. The Hall–Kier alpha value is -2.98. The quantitative estimate of drug-likeness (QED) is 0.506. The van der Waals surface area contributed by atoms with Crippen LogP contribution in [0.2, 0.25) is 0 Å². The first kappa shape index (κ1) is 24.7. The van der Waals surface area contributed by atoms with Gasteiger partial charge in [-0.25, -0.2) is 18.6 Å². The molecule has 0 aromatic carbocycles. The molecule has 2 aromatic rings. The molecule has 0 radical (unpaired) electrons. The number of aromatic nitrogens is 2. The van der Waals surface area contributed by atoms with Gasteiger partial charge in [-0.3, -0.25) is 4.79 Å². The molecule has 0 aliphatic carbocycles. The Morgan fingerprint density at radius 1 is 1.24 bits per heavy atom. The maximum absolute atomic E-state index is 13.9. The topological polar surface area (TPSA) is 75.3 Å². The molecule has 2 aromatic heterocycles. The van der Waals surface area contributed by atoms with Crippen LogP contribution < -0.4 is 10.3 Å². The minimum Gasteiger partial charge on any atom is -0.462 e. The zero-order valence-corrected chi connectivity index (χ0v) is 18.4. The van der Waals surface area contributed by atoms with Gasteiger partial charge >= 0.3 is 12.1 Å². The van der Waals surface area contributed by atoms with Crippen molar-refractivity contribution in [3.63, 3.8) is 0 Å². The van der Waals surface area contributed by atoms with E-state index in [0.717, 1.165) is 6.07 Å². The van der Waals surface area contributed by atoms with Crippen molar-refractivity contribution in [2.75, 3.05) is 24.6 Å². The van der Waals surface area contributed by atoms with Gasteiger partial charge in [0.1, 0.15) is 11.4 Å². The van der Waals surface area contributed by atoms with E-state index < -0.39 is 41.0 Å². The Kier molecular flexibility index (Phi) is 6.80. The van der Waals surface area contributed by atoms with E-state index in [1.807, 2.05) is 0 Å². The number of aromatic amines is 1. The molecule has 1 aliphatic heterocycles. The number of hydrogen-bond donors (Lipinski definition) is 1. The molecule has 0 bridgehead atoms. The molecule has 0 unspecified atom stereocenters. The van der Waals surface area contributed by atoms with Crippen molar-refractivity contribution in [2.24, 2.45) is 0 Å². The Morgan fingerprint density at radius 3 is 2.58 bits per heavy atom. The SMILES string of the molecule is CCOC(=O)c1c(-c2cc(C(F)(F)F)cnc2N2CCCC(F)(F)CC2)[nH]c(C)c(C)c1=O. The second-order valence-corrected chi connectivity index (χ2v) is 7.96. The van der Waals surface area contributed by atoms with Gasteiger partial charge in [0.2, 0.25) is 5.92 Å². The molecule has 1 N–H and O–H groups in total. The van der Waals surface area contributed by atoms with Gasteiger partial charge in [0, 0.05) is 48.9 Å². The lowest BCUT2D eigenvalue weighted by molar-refractivity contribution is -0.137. The molecule has 0 amide bonds. The van der Waals surface area contributed by atoms with Gasteiger partial charge in [0.15, 0.2) is 5.43 Å². The lowest BCUT2D eigenvalue weighted by Gasteiger charge is -2.26. The maximum Gasteiger partial charge on any atom is 0.417 e. The smallest absolute Gasteiger partial charge is 0.417 e. The number of alkyl halides is 5.